The van der Waals surface area contributed by atoms with E-state index in [0.29, 0.717) is 22.3 Å². The van der Waals surface area contributed by atoms with Crippen LogP contribution >= 0.6 is 0 Å². The van der Waals surface area contributed by atoms with Gasteiger partial charge in [0.2, 0.25) is 0 Å². The molecule has 19 heavy (non-hydrogen) atoms. The average molecular weight is 281 g/mol. The summed E-state index contributed by atoms with van der Waals surface area (Å²) in [6.07, 6.45) is 3.51. The Morgan fingerprint density at radius 1 is 1.21 bits per heavy atom. The maximum atomic E-state index is 11.8. The monoisotopic (exact) mass is 281 g/mol. The van der Waals surface area contributed by atoms with Gasteiger partial charge in [-0.05, 0) is 36.3 Å². The van der Waals surface area contributed by atoms with Gasteiger partial charge < -0.3 is 5.32 Å². The third kappa shape index (κ3) is 3.30. The lowest BCUT2D eigenvalue weighted by atomic mass is 9.91. The average Bonchev–Trinajstić information content (AvgIpc) is 2.51. The fraction of sp³-hybridized carbons (Fsp3) is 0.600. The number of nitrogens with one attached hydrogen (secondary N) is 1. The van der Waals surface area contributed by atoms with E-state index in [9.17, 15) is 8.42 Å². The molecule has 0 aromatic heterocycles. The van der Waals surface area contributed by atoms with Gasteiger partial charge in [-0.2, -0.15) is 0 Å². The van der Waals surface area contributed by atoms with Crippen LogP contribution in [0.25, 0.3) is 0 Å². The van der Waals surface area contributed by atoms with Crippen molar-refractivity contribution in [1.29, 1.82) is 0 Å². The van der Waals surface area contributed by atoms with Crippen molar-refractivity contribution in [2.75, 3.05) is 11.6 Å². The largest absolute Gasteiger partial charge is 0.381 e. The van der Waals surface area contributed by atoms with Crippen LogP contribution in [0.4, 0.5) is 5.69 Å². The van der Waals surface area contributed by atoms with Crippen molar-refractivity contribution in [1.82, 2.24) is 0 Å². The number of sulfone groups is 1. The smallest absolute Gasteiger partial charge is 0.177 e. The van der Waals surface area contributed by atoms with E-state index in [2.05, 4.69) is 26.1 Å². The van der Waals surface area contributed by atoms with Crippen molar-refractivity contribution in [3.05, 3.63) is 24.3 Å². The summed E-state index contributed by atoms with van der Waals surface area (Å²) in [5, 5.41) is 3.44. The van der Waals surface area contributed by atoms with Gasteiger partial charge in [-0.3, -0.25) is 0 Å². The van der Waals surface area contributed by atoms with E-state index in [1.54, 1.807) is 12.1 Å². The molecule has 1 fully saturated rings. The van der Waals surface area contributed by atoms with Crippen molar-refractivity contribution >= 4 is 15.5 Å². The van der Waals surface area contributed by atoms with Crippen LogP contribution in [0.1, 0.15) is 33.6 Å². The van der Waals surface area contributed by atoms with Crippen molar-refractivity contribution in [3.8, 4) is 0 Å². The normalized spacial score (nSPS) is 26.3. The second kappa shape index (κ2) is 4.82. The quantitative estimate of drug-likeness (QED) is 0.924. The Bertz CT molecular complexity index is 563. The molecule has 0 amide bonds. The van der Waals surface area contributed by atoms with E-state index < -0.39 is 9.84 Å². The van der Waals surface area contributed by atoms with E-state index in [-0.39, 0.29) is 0 Å². The molecular formula is C15H23NO2S. The zero-order chi connectivity index (χ0) is 14.3. The molecule has 0 aliphatic heterocycles. The van der Waals surface area contributed by atoms with Gasteiger partial charge in [0, 0.05) is 12.3 Å². The molecule has 1 aliphatic carbocycles. The molecule has 4 heteroatoms. The molecule has 106 valence electrons. The van der Waals surface area contributed by atoms with Gasteiger partial charge in [0.25, 0.3) is 0 Å². The maximum Gasteiger partial charge on any atom is 0.177 e. The predicted octanol–water partition coefficient (Wildman–Crippen LogP) is 3.33. The highest BCUT2D eigenvalue weighted by molar-refractivity contribution is 7.90. The van der Waals surface area contributed by atoms with Gasteiger partial charge in [0.05, 0.1) is 10.6 Å². The first-order valence-corrected chi connectivity index (χ1v) is 8.64. The Hall–Kier alpha value is -1.03. The highest BCUT2D eigenvalue weighted by Gasteiger charge is 2.36. The topological polar surface area (TPSA) is 46.2 Å². The molecule has 3 nitrogen and oxygen atoms in total. The summed E-state index contributed by atoms with van der Waals surface area (Å²) in [7, 11) is -3.18. The van der Waals surface area contributed by atoms with Crippen molar-refractivity contribution in [2.45, 2.75) is 44.6 Å². The van der Waals surface area contributed by atoms with Gasteiger partial charge in [-0.25, -0.2) is 8.42 Å². The highest BCUT2D eigenvalue weighted by atomic mass is 32.2. The Morgan fingerprint density at radius 2 is 1.84 bits per heavy atom. The molecule has 1 aliphatic rings. The van der Waals surface area contributed by atoms with Crippen molar-refractivity contribution in [3.63, 3.8) is 0 Å². The summed E-state index contributed by atoms with van der Waals surface area (Å²) in [4.78, 5) is 0.395. The Morgan fingerprint density at radius 3 is 2.37 bits per heavy atom. The highest BCUT2D eigenvalue weighted by Crippen LogP contribution is 2.42. The molecule has 1 N–H and O–H groups in total. The first-order valence-electron chi connectivity index (χ1n) is 6.75. The summed E-state index contributed by atoms with van der Waals surface area (Å²) in [5.74, 6) is 0.558. The van der Waals surface area contributed by atoms with Gasteiger partial charge in [0.1, 0.15) is 0 Å². The lowest BCUT2D eigenvalue weighted by molar-refractivity contribution is 0.366. The molecule has 1 aromatic carbocycles. The fourth-order valence-electron chi connectivity index (χ4n) is 3.20. The lowest BCUT2D eigenvalue weighted by Gasteiger charge is -2.21. The lowest BCUT2D eigenvalue weighted by Crippen LogP contribution is -2.23. The molecule has 1 aromatic rings. The van der Waals surface area contributed by atoms with Gasteiger partial charge >= 0.3 is 0 Å². The number of anilines is 1. The second-order valence-corrected chi connectivity index (χ2v) is 8.55. The van der Waals surface area contributed by atoms with Crippen LogP contribution in [0.15, 0.2) is 29.2 Å². The van der Waals surface area contributed by atoms with Crippen LogP contribution in [0, 0.1) is 11.3 Å². The molecule has 2 unspecified atom stereocenters. The van der Waals surface area contributed by atoms with Crippen LogP contribution in [-0.2, 0) is 9.84 Å². The van der Waals surface area contributed by atoms with Crippen LogP contribution in [0.2, 0.25) is 0 Å². The van der Waals surface area contributed by atoms with Crippen molar-refractivity contribution in [2.24, 2.45) is 11.3 Å². The Labute approximate surface area is 116 Å². The number of hydrogen-bond donors (Lipinski definition) is 1. The minimum atomic E-state index is -3.18. The van der Waals surface area contributed by atoms with Crippen molar-refractivity contribution < 1.29 is 8.42 Å². The summed E-state index contributed by atoms with van der Waals surface area (Å²) < 4.78 is 23.6. The standard InChI is InChI=1S/C15H23NO2S/c1-11-9-15(2,3)10-13(11)16-12-7-5-6-8-14(12)19(4,17)18/h5-8,11,13,16H,9-10H2,1-4H3. The van der Waals surface area contributed by atoms with Gasteiger partial charge in [0.15, 0.2) is 9.84 Å². The van der Waals surface area contributed by atoms with E-state index in [0.717, 1.165) is 12.1 Å². The third-order valence-electron chi connectivity index (χ3n) is 3.96. The summed E-state index contributed by atoms with van der Waals surface area (Å²) in [6.45, 7) is 6.77. The minimum Gasteiger partial charge on any atom is -0.381 e. The van der Waals surface area contributed by atoms with Crippen LogP contribution in [0.5, 0.6) is 0 Å². The molecule has 0 heterocycles. The fourth-order valence-corrected chi connectivity index (χ4v) is 4.05. The first-order chi connectivity index (χ1) is 8.69. The number of benzene rings is 1. The van der Waals surface area contributed by atoms with Gasteiger partial charge in [-0.1, -0.05) is 32.9 Å². The Kier molecular flexibility index (Phi) is 3.65. The molecule has 2 atom stereocenters. The molecule has 0 saturated heterocycles. The zero-order valence-electron chi connectivity index (χ0n) is 12.1. The van der Waals surface area contributed by atoms with Crippen LogP contribution in [-0.4, -0.2) is 20.7 Å². The molecule has 0 spiro atoms. The molecular weight excluding hydrogens is 258 g/mol. The molecule has 1 saturated carbocycles. The first kappa shape index (κ1) is 14.4. The second-order valence-electron chi connectivity index (χ2n) is 6.57. The van der Waals surface area contributed by atoms with Gasteiger partial charge in [-0.15, -0.1) is 0 Å². The molecule has 2 rings (SSSR count). The zero-order valence-corrected chi connectivity index (χ0v) is 12.9. The molecule has 0 bridgehead atoms. The summed E-state index contributed by atoms with van der Waals surface area (Å²) in [6, 6.07) is 7.51. The summed E-state index contributed by atoms with van der Waals surface area (Å²) >= 11 is 0. The predicted molar refractivity (Wildman–Crippen MR) is 79.1 cm³/mol. The van der Waals surface area contributed by atoms with Crippen LogP contribution in [0.3, 0.4) is 0 Å². The number of rotatable bonds is 3. The maximum absolute atomic E-state index is 11.8. The van der Waals surface area contributed by atoms with Crippen LogP contribution < -0.4 is 5.32 Å². The van der Waals surface area contributed by atoms with E-state index in [1.165, 1.54) is 12.7 Å². The van der Waals surface area contributed by atoms with E-state index in [1.807, 2.05) is 12.1 Å². The molecule has 0 radical (unpaired) electrons. The Balaban J connectivity index is 2.26. The summed E-state index contributed by atoms with van der Waals surface area (Å²) in [5.41, 5.74) is 1.07. The van der Waals surface area contributed by atoms with E-state index in [4.69, 9.17) is 0 Å². The third-order valence-corrected chi connectivity index (χ3v) is 5.12. The minimum absolute atomic E-state index is 0.330. The number of hydrogen-bond acceptors (Lipinski definition) is 3. The van der Waals surface area contributed by atoms with E-state index >= 15 is 0 Å². The SMILES string of the molecule is CC1CC(C)(C)CC1Nc1ccccc1S(C)(=O)=O. The number of para-hydroxylation sites is 1.